The summed E-state index contributed by atoms with van der Waals surface area (Å²) < 4.78 is 19.1. The number of carboxylic acid groups (broad SMARTS) is 1. The van der Waals surface area contributed by atoms with Crippen LogP contribution in [0.2, 0.25) is 0 Å². The van der Waals surface area contributed by atoms with E-state index in [1.54, 1.807) is 57.6 Å². The van der Waals surface area contributed by atoms with Gasteiger partial charge in [0.25, 0.3) is 0 Å². The zero-order chi connectivity index (χ0) is 44.5. The van der Waals surface area contributed by atoms with Crippen LogP contribution in [0.1, 0.15) is 55.6 Å². The third kappa shape index (κ3) is 15.6. The average molecular weight is 847 g/mol. The summed E-state index contributed by atoms with van der Waals surface area (Å²) in [6, 6.07) is 30.4. The monoisotopic (exact) mass is 846 g/mol. The van der Waals surface area contributed by atoms with Crippen molar-refractivity contribution in [1.29, 1.82) is 0 Å². The van der Waals surface area contributed by atoms with Crippen LogP contribution >= 0.6 is 0 Å². The van der Waals surface area contributed by atoms with Gasteiger partial charge in [-0.05, 0) is 62.1 Å². The van der Waals surface area contributed by atoms with Crippen molar-refractivity contribution in [2.45, 2.75) is 90.1 Å². The fraction of sp³-hybridized carbons (Fsp3) is 0.319. The van der Waals surface area contributed by atoms with E-state index in [0.29, 0.717) is 30.2 Å². The van der Waals surface area contributed by atoms with E-state index < -0.39 is 59.6 Å². The van der Waals surface area contributed by atoms with Crippen molar-refractivity contribution in [3.8, 4) is 5.75 Å². The van der Waals surface area contributed by atoms with Crippen molar-refractivity contribution >= 4 is 29.8 Å². The molecular weight excluding hydrogens is 793 g/mol. The molecule has 0 bridgehead atoms. The number of benzene rings is 4. The molecule has 0 saturated heterocycles. The van der Waals surface area contributed by atoms with Crippen LogP contribution in [0.5, 0.6) is 5.75 Å². The summed E-state index contributed by atoms with van der Waals surface area (Å²) in [5.74, 6) is -2.99. The number of nitrogens with one attached hydrogen (secondary N) is 4. The summed E-state index contributed by atoms with van der Waals surface area (Å²) >= 11 is 0. The minimum Gasteiger partial charge on any atom is -0.489 e. The summed E-state index contributed by atoms with van der Waals surface area (Å²) in [4.78, 5) is 71.3. The molecule has 1 aromatic heterocycles. The summed E-state index contributed by atoms with van der Waals surface area (Å²) in [5, 5.41) is 20.0. The minimum atomic E-state index is -1.36. The SMILES string of the molecule is C[C@@H](NC(=O)[C@H](COCc1ccccc1)NC(=O)[C@H](Cc1ccc(OCc2ccccc2)cc1)NC(=O)[C@H](Cc1cn(Cc2ccccc2)cn1)NC(=O)OC(C)(C)C)C(=O)O. The third-order valence-electron chi connectivity index (χ3n) is 9.32. The molecule has 5 aromatic rings. The number of hydrogen-bond donors (Lipinski definition) is 5. The molecule has 1 heterocycles. The largest absolute Gasteiger partial charge is 0.489 e. The van der Waals surface area contributed by atoms with Gasteiger partial charge in [0.15, 0.2) is 0 Å². The quantitative estimate of drug-likeness (QED) is 0.0673. The van der Waals surface area contributed by atoms with Crippen LogP contribution in [-0.4, -0.2) is 80.8 Å². The molecule has 0 spiro atoms. The van der Waals surface area contributed by atoms with Gasteiger partial charge in [0, 0.05) is 25.6 Å². The van der Waals surface area contributed by atoms with Crippen LogP contribution in [0.15, 0.2) is 128 Å². The van der Waals surface area contributed by atoms with Crippen LogP contribution in [0.4, 0.5) is 4.79 Å². The van der Waals surface area contributed by atoms with Crippen molar-refractivity contribution in [2.24, 2.45) is 0 Å². The maximum atomic E-state index is 14.3. The lowest BCUT2D eigenvalue weighted by Crippen LogP contribution is -2.59. The molecule has 326 valence electrons. The number of aromatic nitrogens is 2. The van der Waals surface area contributed by atoms with E-state index in [0.717, 1.165) is 16.7 Å². The van der Waals surface area contributed by atoms with Crippen molar-refractivity contribution < 1.29 is 43.3 Å². The Morgan fingerprint density at radius 2 is 1.18 bits per heavy atom. The van der Waals surface area contributed by atoms with Gasteiger partial charge in [-0.25, -0.2) is 9.78 Å². The summed E-state index contributed by atoms with van der Waals surface area (Å²) in [6.45, 7) is 7.03. The van der Waals surface area contributed by atoms with Crippen LogP contribution in [0.25, 0.3) is 0 Å². The maximum Gasteiger partial charge on any atom is 0.408 e. The Morgan fingerprint density at radius 1 is 0.645 bits per heavy atom. The number of imidazole rings is 1. The molecule has 0 aliphatic heterocycles. The molecule has 4 atom stereocenters. The van der Waals surface area contributed by atoms with Crippen LogP contribution in [0.3, 0.4) is 0 Å². The fourth-order valence-electron chi connectivity index (χ4n) is 6.14. The molecule has 0 aliphatic carbocycles. The zero-order valence-corrected chi connectivity index (χ0v) is 35.3. The Hall–Kier alpha value is -7.00. The predicted octanol–water partition coefficient (Wildman–Crippen LogP) is 4.96. The molecule has 0 unspecified atom stereocenters. The zero-order valence-electron chi connectivity index (χ0n) is 35.3. The second-order valence-electron chi connectivity index (χ2n) is 15.7. The van der Waals surface area contributed by atoms with Gasteiger partial charge < -0.3 is 45.2 Å². The Kier molecular flexibility index (Phi) is 16.8. The Morgan fingerprint density at radius 3 is 1.76 bits per heavy atom. The number of carbonyl (C=O) groups is 5. The van der Waals surface area contributed by atoms with E-state index in [1.807, 2.05) is 95.6 Å². The lowest BCUT2D eigenvalue weighted by atomic mass is 10.0. The first kappa shape index (κ1) is 46.1. The van der Waals surface area contributed by atoms with E-state index >= 15 is 0 Å². The van der Waals surface area contributed by atoms with Crippen molar-refractivity contribution in [1.82, 2.24) is 30.8 Å². The third-order valence-corrected chi connectivity index (χ3v) is 9.32. The van der Waals surface area contributed by atoms with Crippen molar-refractivity contribution in [2.75, 3.05) is 6.61 Å². The molecule has 4 aromatic carbocycles. The van der Waals surface area contributed by atoms with E-state index in [1.165, 1.54) is 6.92 Å². The van der Waals surface area contributed by atoms with Gasteiger partial charge in [0.2, 0.25) is 17.7 Å². The number of aliphatic carboxylic acids is 1. The van der Waals surface area contributed by atoms with E-state index in [9.17, 15) is 29.1 Å². The predicted molar refractivity (Wildman–Crippen MR) is 231 cm³/mol. The normalized spacial score (nSPS) is 13.1. The topological polar surface area (TPSA) is 199 Å². The highest BCUT2D eigenvalue weighted by Crippen LogP contribution is 2.17. The lowest BCUT2D eigenvalue weighted by molar-refractivity contribution is -0.142. The van der Waals surface area contributed by atoms with Gasteiger partial charge in [-0.15, -0.1) is 0 Å². The molecule has 0 fully saturated rings. The van der Waals surface area contributed by atoms with E-state index in [2.05, 4.69) is 26.3 Å². The summed E-state index contributed by atoms with van der Waals surface area (Å²) in [7, 11) is 0. The summed E-state index contributed by atoms with van der Waals surface area (Å²) in [6.07, 6.45) is 2.44. The fourth-order valence-corrected chi connectivity index (χ4v) is 6.14. The molecule has 4 amide bonds. The molecule has 0 saturated carbocycles. The second kappa shape index (κ2) is 22.6. The molecule has 15 heteroatoms. The van der Waals surface area contributed by atoms with E-state index in [4.69, 9.17) is 14.2 Å². The Labute approximate surface area is 361 Å². The highest BCUT2D eigenvalue weighted by atomic mass is 16.6. The molecule has 15 nitrogen and oxygen atoms in total. The molecule has 5 rings (SSSR count). The second-order valence-corrected chi connectivity index (χ2v) is 15.7. The van der Waals surface area contributed by atoms with Crippen LogP contribution in [0, 0.1) is 0 Å². The van der Waals surface area contributed by atoms with Gasteiger partial charge in [-0.3, -0.25) is 19.2 Å². The Bertz CT molecular complexity index is 2210. The molecule has 0 aliphatic rings. The van der Waals surface area contributed by atoms with Crippen LogP contribution < -0.4 is 26.0 Å². The number of ether oxygens (including phenoxy) is 3. The van der Waals surface area contributed by atoms with Gasteiger partial charge in [-0.1, -0.05) is 103 Å². The number of carboxylic acids is 1. The number of alkyl carbamates (subject to hydrolysis) is 1. The van der Waals surface area contributed by atoms with Gasteiger partial charge in [0.1, 0.15) is 42.1 Å². The first-order valence-electron chi connectivity index (χ1n) is 20.3. The average Bonchev–Trinajstić information content (AvgIpc) is 3.69. The minimum absolute atomic E-state index is 0.0495. The van der Waals surface area contributed by atoms with Gasteiger partial charge in [-0.2, -0.15) is 0 Å². The smallest absolute Gasteiger partial charge is 0.408 e. The first-order chi connectivity index (χ1) is 29.7. The number of carbonyl (C=O) groups excluding carboxylic acids is 4. The molecule has 62 heavy (non-hydrogen) atoms. The highest BCUT2D eigenvalue weighted by molar-refractivity contribution is 5.95. The van der Waals surface area contributed by atoms with Crippen LogP contribution in [-0.2, 0) is 61.3 Å². The number of nitrogens with zero attached hydrogens (tertiary/aromatic N) is 2. The van der Waals surface area contributed by atoms with E-state index in [-0.39, 0.29) is 26.1 Å². The number of amides is 4. The van der Waals surface area contributed by atoms with Gasteiger partial charge in [0.05, 0.1) is 25.2 Å². The molecule has 0 radical (unpaired) electrons. The summed E-state index contributed by atoms with van der Waals surface area (Å²) in [5.41, 5.74) is 3.08. The standard InChI is InChI=1S/C47H54N6O9/c1-32(45(57)58)49-44(56)41(30-60-28-35-16-10-6-11-17-35)51-42(54)39(24-33-20-22-38(23-21-33)61-29-36-18-12-7-13-19-36)50-43(55)40(52-46(59)62-47(2,3)4)25-37-27-53(31-48-37)26-34-14-8-5-9-15-34/h5-23,27,31-32,39-41H,24-26,28-30H2,1-4H3,(H,49,56)(H,50,55)(H,51,54)(H,52,59)(H,57,58)/t32-,39+,40+,41+/m1/s1. The molecular formula is C47H54N6O9. The number of hydrogen-bond acceptors (Lipinski definition) is 9. The van der Waals surface area contributed by atoms with Gasteiger partial charge >= 0.3 is 12.1 Å². The number of rotatable bonds is 21. The highest BCUT2D eigenvalue weighted by Gasteiger charge is 2.32. The van der Waals surface area contributed by atoms with Crippen molar-refractivity contribution in [3.63, 3.8) is 0 Å². The van der Waals surface area contributed by atoms with Crippen molar-refractivity contribution in [3.05, 3.63) is 156 Å². The maximum absolute atomic E-state index is 14.3. The Balaban J connectivity index is 1.39. The first-order valence-corrected chi connectivity index (χ1v) is 20.3. The lowest BCUT2D eigenvalue weighted by Gasteiger charge is -2.26. The molecule has 5 N–H and O–H groups in total.